The van der Waals surface area contributed by atoms with Crippen molar-refractivity contribution in [1.29, 1.82) is 0 Å². The first-order valence-corrected chi connectivity index (χ1v) is 11.1. The number of halogens is 1. The van der Waals surface area contributed by atoms with Crippen molar-refractivity contribution in [1.82, 2.24) is 9.88 Å². The number of nitrogens with zero attached hydrogens (tertiary/aromatic N) is 1. The molecule has 182 valence electrons. The number of rotatable bonds is 7. The molecule has 0 saturated heterocycles. The van der Waals surface area contributed by atoms with Crippen LogP contribution in [0, 0.1) is 5.82 Å². The van der Waals surface area contributed by atoms with E-state index in [1.54, 1.807) is 25.3 Å². The van der Waals surface area contributed by atoms with Gasteiger partial charge in [0.05, 0.1) is 18.3 Å². The minimum Gasteiger partial charge on any atom is -0.497 e. The molecule has 5 rings (SSSR count). The van der Waals surface area contributed by atoms with Gasteiger partial charge < -0.3 is 24.1 Å². The highest BCUT2D eigenvalue weighted by Gasteiger charge is 2.23. The van der Waals surface area contributed by atoms with Crippen LogP contribution in [0.5, 0.6) is 17.2 Å². The predicted molar refractivity (Wildman–Crippen MR) is 129 cm³/mol. The van der Waals surface area contributed by atoms with E-state index < -0.39 is 17.0 Å². The summed E-state index contributed by atoms with van der Waals surface area (Å²) in [5, 5.41) is 3.11. The molecule has 1 aromatic heterocycles. The largest absolute Gasteiger partial charge is 0.497 e. The minimum atomic E-state index is -0.519. The van der Waals surface area contributed by atoms with Crippen LogP contribution in [0.3, 0.4) is 0 Å². The molecule has 1 aliphatic heterocycles. The third-order valence-corrected chi connectivity index (χ3v) is 5.90. The summed E-state index contributed by atoms with van der Waals surface area (Å²) in [6.45, 7) is 0.0208. The molecule has 1 N–H and O–H groups in total. The number of ether oxygens (including phenoxy) is 3. The van der Waals surface area contributed by atoms with Crippen LogP contribution in [0.2, 0.25) is 0 Å². The van der Waals surface area contributed by atoms with Crippen molar-refractivity contribution in [3.8, 4) is 17.2 Å². The summed E-state index contributed by atoms with van der Waals surface area (Å²) in [4.78, 5) is 39.3. The number of hydrogen-bond acceptors (Lipinski definition) is 6. The van der Waals surface area contributed by atoms with Gasteiger partial charge in [0.2, 0.25) is 18.5 Å². The molecule has 0 fully saturated rings. The van der Waals surface area contributed by atoms with Gasteiger partial charge in [0.25, 0.3) is 0 Å². The SMILES string of the molecule is COc1ccc(CNC(=O)Cn2c(C(=O)c3ccc(F)cc3)cc(=O)c3cc4c(cc32)OCO4)cc1. The number of benzene rings is 3. The summed E-state index contributed by atoms with van der Waals surface area (Å²) in [7, 11) is 1.57. The van der Waals surface area contributed by atoms with Gasteiger partial charge in [0.15, 0.2) is 16.9 Å². The van der Waals surface area contributed by atoms with Crippen molar-refractivity contribution in [2.75, 3.05) is 13.9 Å². The molecule has 3 aromatic carbocycles. The average molecular weight is 488 g/mol. The zero-order chi connectivity index (χ0) is 25.2. The Kier molecular flexibility index (Phi) is 6.12. The molecule has 0 bridgehead atoms. The van der Waals surface area contributed by atoms with Gasteiger partial charge in [-0.2, -0.15) is 0 Å². The quantitative estimate of drug-likeness (QED) is 0.401. The zero-order valence-corrected chi connectivity index (χ0v) is 19.2. The Labute approximate surface area is 204 Å². The summed E-state index contributed by atoms with van der Waals surface area (Å²) >= 11 is 0. The number of ketones is 1. The lowest BCUT2D eigenvalue weighted by Crippen LogP contribution is -2.30. The normalized spacial score (nSPS) is 11.9. The van der Waals surface area contributed by atoms with E-state index in [9.17, 15) is 18.8 Å². The second-order valence-corrected chi connectivity index (χ2v) is 8.16. The molecule has 8 nitrogen and oxygen atoms in total. The Morgan fingerprint density at radius 1 is 1.00 bits per heavy atom. The fourth-order valence-corrected chi connectivity index (χ4v) is 4.01. The molecule has 0 atom stereocenters. The lowest BCUT2D eigenvalue weighted by atomic mass is 10.0. The Hall–Kier alpha value is -4.66. The number of methoxy groups -OCH3 is 1. The van der Waals surface area contributed by atoms with Crippen LogP contribution in [-0.2, 0) is 17.9 Å². The molecule has 0 unspecified atom stereocenters. The van der Waals surface area contributed by atoms with E-state index in [0.717, 1.165) is 17.7 Å². The molecule has 0 aliphatic carbocycles. The lowest BCUT2D eigenvalue weighted by molar-refractivity contribution is -0.121. The maximum absolute atomic E-state index is 13.4. The van der Waals surface area contributed by atoms with Gasteiger partial charge in [0, 0.05) is 29.6 Å². The van der Waals surface area contributed by atoms with Crippen LogP contribution in [0.4, 0.5) is 4.39 Å². The van der Waals surface area contributed by atoms with Crippen LogP contribution in [0.15, 0.2) is 71.5 Å². The molecule has 1 amide bonds. The monoisotopic (exact) mass is 488 g/mol. The van der Waals surface area contributed by atoms with Gasteiger partial charge in [-0.25, -0.2) is 4.39 Å². The van der Waals surface area contributed by atoms with Crippen LogP contribution < -0.4 is 25.0 Å². The Morgan fingerprint density at radius 2 is 1.69 bits per heavy atom. The first-order valence-electron chi connectivity index (χ1n) is 11.1. The molecular formula is C27H21FN2O6. The van der Waals surface area contributed by atoms with Crippen LogP contribution >= 0.6 is 0 Å². The summed E-state index contributed by atoms with van der Waals surface area (Å²) in [5.41, 5.74) is 0.973. The van der Waals surface area contributed by atoms with Crippen molar-refractivity contribution >= 4 is 22.6 Å². The van der Waals surface area contributed by atoms with E-state index >= 15 is 0 Å². The molecular weight excluding hydrogens is 467 g/mol. The van der Waals surface area contributed by atoms with E-state index in [4.69, 9.17) is 14.2 Å². The molecule has 36 heavy (non-hydrogen) atoms. The highest BCUT2D eigenvalue weighted by atomic mass is 19.1. The van der Waals surface area contributed by atoms with Gasteiger partial charge >= 0.3 is 0 Å². The van der Waals surface area contributed by atoms with Gasteiger partial charge in [-0.1, -0.05) is 12.1 Å². The molecule has 2 heterocycles. The minimum absolute atomic E-state index is 0.00225. The zero-order valence-electron chi connectivity index (χ0n) is 19.2. The van der Waals surface area contributed by atoms with Crippen molar-refractivity contribution in [3.05, 3.63) is 99.6 Å². The summed E-state index contributed by atoms with van der Waals surface area (Å²) in [6.07, 6.45) is 0. The van der Waals surface area contributed by atoms with Gasteiger partial charge in [0.1, 0.15) is 18.1 Å². The number of pyridine rings is 1. The Balaban J connectivity index is 1.52. The Morgan fingerprint density at radius 3 is 2.39 bits per heavy atom. The summed E-state index contributed by atoms with van der Waals surface area (Å²) in [5.74, 6) is 0.130. The molecule has 1 aliphatic rings. The first kappa shape index (κ1) is 23.1. The highest BCUT2D eigenvalue weighted by molar-refractivity contribution is 6.09. The number of fused-ring (bicyclic) bond motifs is 2. The smallest absolute Gasteiger partial charge is 0.240 e. The van der Waals surface area contributed by atoms with Crippen molar-refractivity contribution in [2.45, 2.75) is 13.1 Å². The molecule has 0 saturated carbocycles. The predicted octanol–water partition coefficient (Wildman–Crippen LogP) is 3.43. The fraction of sp³-hybridized carbons (Fsp3) is 0.148. The van der Waals surface area contributed by atoms with E-state index in [0.29, 0.717) is 22.8 Å². The number of aromatic nitrogens is 1. The first-order chi connectivity index (χ1) is 17.4. The molecule has 9 heteroatoms. The van der Waals surface area contributed by atoms with Crippen molar-refractivity contribution in [2.24, 2.45) is 0 Å². The van der Waals surface area contributed by atoms with Crippen molar-refractivity contribution < 1.29 is 28.2 Å². The summed E-state index contributed by atoms with van der Waals surface area (Å²) in [6, 6.07) is 16.5. The van der Waals surface area contributed by atoms with Crippen LogP contribution in [0.1, 0.15) is 21.6 Å². The van der Waals surface area contributed by atoms with E-state index in [2.05, 4.69) is 5.32 Å². The van der Waals surface area contributed by atoms with Gasteiger partial charge in [-0.15, -0.1) is 0 Å². The van der Waals surface area contributed by atoms with Gasteiger partial charge in [-0.05, 0) is 48.0 Å². The standard InChI is InChI=1S/C27H21FN2O6/c1-34-19-8-2-16(3-9-19)13-29-26(32)14-30-21-12-25-24(35-15-36-25)10-20(21)23(31)11-22(30)27(33)17-4-6-18(28)7-5-17/h2-12H,13-15H2,1H3,(H,29,32). The molecule has 0 spiro atoms. The highest BCUT2D eigenvalue weighted by Crippen LogP contribution is 2.35. The number of amides is 1. The number of nitrogens with one attached hydrogen (secondary N) is 1. The van der Waals surface area contributed by atoms with E-state index in [-0.39, 0.29) is 42.4 Å². The average Bonchev–Trinajstić information content (AvgIpc) is 3.36. The van der Waals surface area contributed by atoms with E-state index in [1.807, 2.05) is 12.1 Å². The number of carbonyl (C=O) groups excluding carboxylic acids is 2. The molecule has 0 radical (unpaired) electrons. The van der Waals surface area contributed by atoms with Crippen molar-refractivity contribution in [3.63, 3.8) is 0 Å². The number of hydrogen-bond donors (Lipinski definition) is 1. The maximum Gasteiger partial charge on any atom is 0.240 e. The van der Waals surface area contributed by atoms with Crippen LogP contribution in [0.25, 0.3) is 10.9 Å². The number of carbonyl (C=O) groups is 2. The molecule has 4 aromatic rings. The second-order valence-electron chi connectivity index (χ2n) is 8.16. The third kappa shape index (κ3) is 4.50. The second kappa shape index (κ2) is 9.53. The Bertz CT molecular complexity index is 1530. The van der Waals surface area contributed by atoms with Crippen LogP contribution in [-0.4, -0.2) is 30.2 Å². The summed E-state index contributed by atoms with van der Waals surface area (Å²) < 4.78 is 30.9. The fourth-order valence-electron chi connectivity index (χ4n) is 4.01. The topological polar surface area (TPSA) is 95.9 Å². The lowest BCUT2D eigenvalue weighted by Gasteiger charge is -2.17. The van der Waals surface area contributed by atoms with E-state index in [1.165, 1.54) is 28.8 Å². The third-order valence-electron chi connectivity index (χ3n) is 5.90. The van der Waals surface area contributed by atoms with Gasteiger partial charge in [-0.3, -0.25) is 14.4 Å². The maximum atomic E-state index is 13.4.